The number of para-hydroxylation sites is 1. The maximum Gasteiger partial charge on any atom is 0.164 e. The van der Waals surface area contributed by atoms with Crippen LogP contribution >= 0.6 is 0 Å². The number of nitrogens with zero attached hydrogens (tertiary/aromatic N) is 6. The van der Waals surface area contributed by atoms with Crippen LogP contribution in [0.3, 0.4) is 0 Å². The van der Waals surface area contributed by atoms with E-state index in [0.717, 1.165) is 38.9 Å². The quantitative estimate of drug-likeness (QED) is 0.197. The highest BCUT2D eigenvalue weighted by molar-refractivity contribution is 6.07. The Kier molecular flexibility index (Phi) is 6.11. The Bertz CT molecular complexity index is 2540. The molecule has 0 saturated heterocycles. The molecule has 226 valence electrons. The third-order valence-corrected chi connectivity index (χ3v) is 9.55. The molecule has 0 N–H and O–H groups in total. The molecule has 3 heterocycles. The van der Waals surface area contributed by atoms with E-state index in [2.05, 4.69) is 91.2 Å². The first-order valence-electron chi connectivity index (χ1n) is 16.0. The maximum atomic E-state index is 9.32. The van der Waals surface area contributed by atoms with E-state index in [1.807, 2.05) is 54.7 Å². The summed E-state index contributed by atoms with van der Waals surface area (Å²) in [6, 6.07) is 45.5. The first-order chi connectivity index (χ1) is 23.5. The lowest BCUT2D eigenvalue weighted by Crippen LogP contribution is -2.15. The molecule has 0 saturated carbocycles. The molecular formula is C42H28N6. The molecule has 48 heavy (non-hydrogen) atoms. The van der Waals surface area contributed by atoms with Gasteiger partial charge in [0.2, 0.25) is 0 Å². The van der Waals surface area contributed by atoms with E-state index in [0.29, 0.717) is 23.0 Å². The molecule has 6 heteroatoms. The maximum absolute atomic E-state index is 9.32. The molecule has 1 aliphatic carbocycles. The van der Waals surface area contributed by atoms with E-state index >= 15 is 0 Å². The molecule has 6 nitrogen and oxygen atoms in total. The van der Waals surface area contributed by atoms with Gasteiger partial charge in [-0.25, -0.2) is 19.9 Å². The number of fused-ring (bicyclic) bond motifs is 6. The monoisotopic (exact) mass is 616 g/mol. The Hall–Kier alpha value is -6.45. The lowest BCUT2D eigenvalue weighted by atomic mass is 9.82. The number of rotatable bonds is 4. The van der Waals surface area contributed by atoms with Crippen LogP contribution in [0.5, 0.6) is 0 Å². The molecule has 8 aromatic rings. The van der Waals surface area contributed by atoms with Gasteiger partial charge in [0.25, 0.3) is 0 Å². The second-order valence-corrected chi connectivity index (χ2v) is 12.7. The Morgan fingerprint density at radius 3 is 1.94 bits per heavy atom. The van der Waals surface area contributed by atoms with E-state index in [9.17, 15) is 5.26 Å². The molecule has 0 amide bonds. The van der Waals surface area contributed by atoms with E-state index < -0.39 is 0 Å². The van der Waals surface area contributed by atoms with Crippen LogP contribution in [-0.4, -0.2) is 24.5 Å². The van der Waals surface area contributed by atoms with Crippen LogP contribution < -0.4 is 0 Å². The van der Waals surface area contributed by atoms with Crippen molar-refractivity contribution < 1.29 is 0 Å². The standard InChI is InChI=1S/C42H28N6/c1-42(2)35-23-29(40-46-38(27-9-4-3-5-10-27)45-39(47-40)28-16-14-26(25-43)15-17-28)18-20-31(35)32-21-19-30(24-36(32)42)48-37-13-7-6-11-33(37)34-12-8-22-44-41(34)48/h3-24H,1-2H3. The van der Waals surface area contributed by atoms with Crippen molar-refractivity contribution in [3.05, 3.63) is 150 Å². The summed E-state index contributed by atoms with van der Waals surface area (Å²) in [7, 11) is 0. The smallest absolute Gasteiger partial charge is 0.164 e. The lowest BCUT2D eigenvalue weighted by molar-refractivity contribution is 0.660. The van der Waals surface area contributed by atoms with Crippen molar-refractivity contribution in [2.75, 3.05) is 0 Å². The summed E-state index contributed by atoms with van der Waals surface area (Å²) in [4.78, 5) is 19.6. The normalized spacial score (nSPS) is 12.9. The van der Waals surface area contributed by atoms with Gasteiger partial charge in [-0.15, -0.1) is 0 Å². The highest BCUT2D eigenvalue weighted by atomic mass is 15.0. The zero-order chi connectivity index (χ0) is 32.4. The van der Waals surface area contributed by atoms with Crippen molar-refractivity contribution in [2.24, 2.45) is 0 Å². The van der Waals surface area contributed by atoms with Crippen LogP contribution in [-0.2, 0) is 5.41 Å². The van der Waals surface area contributed by atoms with E-state index in [4.69, 9.17) is 19.9 Å². The predicted molar refractivity (Wildman–Crippen MR) is 191 cm³/mol. The van der Waals surface area contributed by atoms with Crippen LogP contribution in [0.25, 0.3) is 72.9 Å². The molecule has 5 aromatic carbocycles. The predicted octanol–water partition coefficient (Wildman–Crippen LogP) is 9.54. The van der Waals surface area contributed by atoms with Crippen LogP contribution in [0.1, 0.15) is 30.5 Å². The summed E-state index contributed by atoms with van der Waals surface area (Å²) in [5.74, 6) is 1.78. The summed E-state index contributed by atoms with van der Waals surface area (Å²) >= 11 is 0. The second-order valence-electron chi connectivity index (χ2n) is 12.7. The minimum atomic E-state index is -0.270. The molecule has 0 aliphatic heterocycles. The van der Waals surface area contributed by atoms with Gasteiger partial charge in [0.15, 0.2) is 17.5 Å². The summed E-state index contributed by atoms with van der Waals surface area (Å²) in [5, 5.41) is 11.7. The summed E-state index contributed by atoms with van der Waals surface area (Å²) in [6.07, 6.45) is 1.86. The molecule has 0 fully saturated rings. The third kappa shape index (κ3) is 4.25. The molecule has 3 aromatic heterocycles. The van der Waals surface area contributed by atoms with E-state index in [1.165, 1.54) is 27.6 Å². The van der Waals surface area contributed by atoms with Gasteiger partial charge < -0.3 is 0 Å². The van der Waals surface area contributed by atoms with Crippen molar-refractivity contribution in [2.45, 2.75) is 19.3 Å². The Morgan fingerprint density at radius 1 is 0.583 bits per heavy atom. The van der Waals surface area contributed by atoms with Crippen molar-refractivity contribution in [1.29, 1.82) is 5.26 Å². The van der Waals surface area contributed by atoms with Gasteiger partial charge in [0.05, 0.1) is 17.1 Å². The van der Waals surface area contributed by atoms with Crippen LogP contribution in [0.4, 0.5) is 0 Å². The summed E-state index contributed by atoms with van der Waals surface area (Å²) < 4.78 is 2.27. The minimum absolute atomic E-state index is 0.270. The highest BCUT2D eigenvalue weighted by Crippen LogP contribution is 2.50. The molecule has 0 spiro atoms. The highest BCUT2D eigenvalue weighted by Gasteiger charge is 2.36. The molecular weight excluding hydrogens is 589 g/mol. The largest absolute Gasteiger partial charge is 0.294 e. The molecule has 0 unspecified atom stereocenters. The first kappa shape index (κ1) is 27.8. The van der Waals surface area contributed by atoms with Gasteiger partial charge in [0, 0.05) is 44.8 Å². The van der Waals surface area contributed by atoms with Gasteiger partial charge in [-0.1, -0.05) is 80.6 Å². The zero-order valence-electron chi connectivity index (χ0n) is 26.4. The fourth-order valence-corrected chi connectivity index (χ4v) is 7.11. The fourth-order valence-electron chi connectivity index (χ4n) is 7.11. The number of benzene rings is 5. The fraction of sp³-hybridized carbons (Fsp3) is 0.0714. The van der Waals surface area contributed by atoms with Gasteiger partial charge in [-0.3, -0.25) is 4.57 Å². The van der Waals surface area contributed by atoms with Crippen molar-refractivity contribution in [3.8, 4) is 57.0 Å². The first-order valence-corrected chi connectivity index (χ1v) is 16.0. The van der Waals surface area contributed by atoms with Gasteiger partial charge >= 0.3 is 0 Å². The van der Waals surface area contributed by atoms with Gasteiger partial charge in [0.1, 0.15) is 5.65 Å². The molecule has 9 rings (SSSR count). The molecule has 0 radical (unpaired) electrons. The SMILES string of the molecule is CC1(C)c2cc(-c3nc(-c4ccccc4)nc(-c4ccc(C#N)cc4)n3)ccc2-c2ccc(-n3c4ccccc4c4cccnc43)cc21. The van der Waals surface area contributed by atoms with Crippen LogP contribution in [0.2, 0.25) is 0 Å². The van der Waals surface area contributed by atoms with Gasteiger partial charge in [-0.2, -0.15) is 5.26 Å². The van der Waals surface area contributed by atoms with Crippen molar-refractivity contribution in [3.63, 3.8) is 0 Å². The van der Waals surface area contributed by atoms with E-state index in [1.54, 1.807) is 12.1 Å². The molecule has 0 atom stereocenters. The average Bonchev–Trinajstić information content (AvgIpc) is 3.60. The van der Waals surface area contributed by atoms with Crippen molar-refractivity contribution >= 4 is 21.9 Å². The third-order valence-electron chi connectivity index (χ3n) is 9.55. The summed E-state index contributed by atoms with van der Waals surface area (Å²) in [6.45, 7) is 4.58. The van der Waals surface area contributed by atoms with Crippen LogP contribution in [0.15, 0.2) is 134 Å². The number of pyridine rings is 1. The Morgan fingerprint density at radius 2 is 1.19 bits per heavy atom. The van der Waals surface area contributed by atoms with Gasteiger partial charge in [-0.05, 0) is 82.9 Å². The molecule has 1 aliphatic rings. The topological polar surface area (TPSA) is 80.3 Å². The minimum Gasteiger partial charge on any atom is -0.294 e. The second kappa shape index (κ2) is 10.5. The zero-order valence-corrected chi connectivity index (χ0v) is 26.4. The number of hydrogen-bond acceptors (Lipinski definition) is 5. The number of nitriles is 1. The lowest BCUT2D eigenvalue weighted by Gasteiger charge is -2.23. The van der Waals surface area contributed by atoms with Crippen molar-refractivity contribution in [1.82, 2.24) is 24.5 Å². The Balaban J connectivity index is 1.17. The average molecular weight is 617 g/mol. The number of aromatic nitrogens is 5. The Labute approximate surface area is 277 Å². The van der Waals surface area contributed by atoms with Crippen LogP contribution in [0, 0.1) is 11.3 Å². The summed E-state index contributed by atoms with van der Waals surface area (Å²) in [5.41, 5.74) is 11.1. The molecule has 0 bridgehead atoms. The van der Waals surface area contributed by atoms with E-state index in [-0.39, 0.29) is 5.41 Å². The number of hydrogen-bond donors (Lipinski definition) is 0.